The standard InChI is InChI=1S/C15H25N3O3/c1-4-15(5-2,8-9-19)11-16-14(21)17-12-6-7-13(20)18(3)10-12/h6-7,10,19H,4-5,8-9,11H2,1-3H3,(H2,16,17,21). The fourth-order valence-electron chi connectivity index (χ4n) is 2.29. The summed E-state index contributed by atoms with van der Waals surface area (Å²) in [6.45, 7) is 4.75. The Hall–Kier alpha value is -1.82. The molecule has 0 fully saturated rings. The number of anilines is 1. The van der Waals surface area contributed by atoms with E-state index in [4.69, 9.17) is 5.11 Å². The topological polar surface area (TPSA) is 83.4 Å². The molecule has 1 heterocycles. The van der Waals surface area contributed by atoms with E-state index < -0.39 is 0 Å². The van der Waals surface area contributed by atoms with Crippen LogP contribution in [0, 0.1) is 5.41 Å². The maximum atomic E-state index is 11.9. The fraction of sp³-hybridized carbons (Fsp3) is 0.600. The average molecular weight is 295 g/mol. The zero-order valence-electron chi connectivity index (χ0n) is 13.0. The van der Waals surface area contributed by atoms with Gasteiger partial charge in [-0.25, -0.2) is 4.79 Å². The SMILES string of the molecule is CCC(CC)(CCO)CNC(=O)Nc1ccc(=O)n(C)c1. The summed E-state index contributed by atoms with van der Waals surface area (Å²) in [4.78, 5) is 23.2. The monoisotopic (exact) mass is 295 g/mol. The molecule has 6 nitrogen and oxygen atoms in total. The van der Waals surface area contributed by atoms with E-state index in [1.165, 1.54) is 10.6 Å². The molecule has 0 radical (unpaired) electrons. The lowest BCUT2D eigenvalue weighted by atomic mass is 9.79. The van der Waals surface area contributed by atoms with Gasteiger partial charge in [-0.15, -0.1) is 0 Å². The zero-order chi connectivity index (χ0) is 15.9. The van der Waals surface area contributed by atoms with Crippen LogP contribution in [0.15, 0.2) is 23.1 Å². The van der Waals surface area contributed by atoms with Gasteiger partial charge >= 0.3 is 6.03 Å². The summed E-state index contributed by atoms with van der Waals surface area (Å²) in [7, 11) is 1.63. The predicted octanol–water partition coefficient (Wildman–Crippen LogP) is 1.70. The number of rotatable bonds is 7. The molecule has 1 rings (SSSR count). The molecule has 0 saturated heterocycles. The Morgan fingerprint density at radius 2 is 2.00 bits per heavy atom. The van der Waals surface area contributed by atoms with Crippen LogP contribution in [-0.4, -0.2) is 28.9 Å². The normalized spacial score (nSPS) is 11.2. The maximum absolute atomic E-state index is 11.9. The smallest absolute Gasteiger partial charge is 0.319 e. The Morgan fingerprint density at radius 1 is 1.33 bits per heavy atom. The highest BCUT2D eigenvalue weighted by atomic mass is 16.3. The summed E-state index contributed by atoms with van der Waals surface area (Å²) in [5.74, 6) is 0. The summed E-state index contributed by atoms with van der Waals surface area (Å²) in [5, 5.41) is 14.7. The number of aryl methyl sites for hydroxylation is 1. The van der Waals surface area contributed by atoms with Crippen molar-refractivity contribution >= 4 is 11.7 Å². The molecule has 0 bridgehead atoms. The number of aromatic nitrogens is 1. The molecular formula is C15H25N3O3. The number of hydrogen-bond acceptors (Lipinski definition) is 3. The highest BCUT2D eigenvalue weighted by molar-refractivity contribution is 5.88. The van der Waals surface area contributed by atoms with E-state index in [1.54, 1.807) is 19.3 Å². The zero-order valence-corrected chi connectivity index (χ0v) is 13.0. The highest BCUT2D eigenvalue weighted by Crippen LogP contribution is 2.29. The molecule has 118 valence electrons. The van der Waals surface area contributed by atoms with Crippen LogP contribution in [0.25, 0.3) is 0 Å². The Morgan fingerprint density at radius 3 is 2.52 bits per heavy atom. The van der Waals surface area contributed by atoms with Crippen LogP contribution in [-0.2, 0) is 7.05 Å². The second-order valence-electron chi connectivity index (χ2n) is 5.36. The molecule has 2 amide bonds. The summed E-state index contributed by atoms with van der Waals surface area (Å²) >= 11 is 0. The number of carbonyl (C=O) groups excluding carboxylic acids is 1. The van der Waals surface area contributed by atoms with Crippen molar-refractivity contribution in [3.63, 3.8) is 0 Å². The average Bonchev–Trinajstić information content (AvgIpc) is 2.47. The molecule has 21 heavy (non-hydrogen) atoms. The van der Waals surface area contributed by atoms with Crippen LogP contribution in [0.4, 0.5) is 10.5 Å². The quantitative estimate of drug-likeness (QED) is 0.716. The van der Waals surface area contributed by atoms with Gasteiger partial charge in [0.05, 0.1) is 5.69 Å². The van der Waals surface area contributed by atoms with Crippen LogP contribution >= 0.6 is 0 Å². The Bertz CT molecular complexity index is 521. The molecule has 1 aromatic heterocycles. The minimum Gasteiger partial charge on any atom is -0.396 e. The Balaban J connectivity index is 2.60. The largest absolute Gasteiger partial charge is 0.396 e. The van der Waals surface area contributed by atoms with Gasteiger partial charge in [0.2, 0.25) is 5.56 Å². The number of urea groups is 1. The van der Waals surface area contributed by atoms with Gasteiger partial charge in [0.15, 0.2) is 0 Å². The summed E-state index contributed by atoms with van der Waals surface area (Å²) < 4.78 is 1.41. The number of hydrogen-bond donors (Lipinski definition) is 3. The lowest BCUT2D eigenvalue weighted by Crippen LogP contribution is -2.39. The van der Waals surface area contributed by atoms with Crippen molar-refractivity contribution < 1.29 is 9.90 Å². The molecule has 0 aliphatic rings. The van der Waals surface area contributed by atoms with Gasteiger partial charge in [-0.1, -0.05) is 13.8 Å². The van der Waals surface area contributed by atoms with E-state index in [1.807, 2.05) is 0 Å². The molecule has 3 N–H and O–H groups in total. The predicted molar refractivity (Wildman–Crippen MR) is 83.4 cm³/mol. The minimum atomic E-state index is -0.308. The third-order valence-corrected chi connectivity index (χ3v) is 4.11. The first-order chi connectivity index (χ1) is 9.96. The molecular weight excluding hydrogens is 270 g/mol. The van der Waals surface area contributed by atoms with Crippen molar-refractivity contribution in [1.82, 2.24) is 9.88 Å². The fourth-order valence-corrected chi connectivity index (χ4v) is 2.29. The van der Waals surface area contributed by atoms with E-state index in [-0.39, 0.29) is 23.6 Å². The number of pyridine rings is 1. The maximum Gasteiger partial charge on any atom is 0.319 e. The first-order valence-corrected chi connectivity index (χ1v) is 7.28. The van der Waals surface area contributed by atoms with Crippen LogP contribution in [0.2, 0.25) is 0 Å². The number of aliphatic hydroxyl groups is 1. The molecule has 1 aromatic rings. The highest BCUT2D eigenvalue weighted by Gasteiger charge is 2.26. The van der Waals surface area contributed by atoms with Crippen molar-refractivity contribution in [3.05, 3.63) is 28.7 Å². The van der Waals surface area contributed by atoms with Gasteiger partial charge in [0.25, 0.3) is 0 Å². The lowest BCUT2D eigenvalue weighted by Gasteiger charge is -2.31. The third-order valence-electron chi connectivity index (χ3n) is 4.11. The first kappa shape index (κ1) is 17.2. The summed E-state index contributed by atoms with van der Waals surface area (Å²) in [5.41, 5.74) is 0.366. The van der Waals surface area contributed by atoms with Crippen molar-refractivity contribution in [3.8, 4) is 0 Å². The van der Waals surface area contributed by atoms with Gasteiger partial charge < -0.3 is 20.3 Å². The van der Waals surface area contributed by atoms with Crippen LogP contribution in [0.3, 0.4) is 0 Å². The molecule has 6 heteroatoms. The Labute approximate surface area is 125 Å². The first-order valence-electron chi connectivity index (χ1n) is 7.28. The summed E-state index contributed by atoms with van der Waals surface area (Å²) in [6, 6.07) is 2.67. The van der Waals surface area contributed by atoms with Gasteiger partial charge in [-0.05, 0) is 30.7 Å². The third kappa shape index (κ3) is 4.90. The van der Waals surface area contributed by atoms with Crippen LogP contribution in [0.5, 0.6) is 0 Å². The summed E-state index contributed by atoms with van der Waals surface area (Å²) in [6.07, 6.45) is 4.02. The van der Waals surface area contributed by atoms with Gasteiger partial charge in [0.1, 0.15) is 0 Å². The molecule has 0 spiro atoms. The molecule has 0 unspecified atom stereocenters. The minimum absolute atomic E-state index is 0.0738. The van der Waals surface area contributed by atoms with Crippen molar-refractivity contribution in [2.45, 2.75) is 33.1 Å². The lowest BCUT2D eigenvalue weighted by molar-refractivity contribution is 0.165. The number of nitrogens with one attached hydrogen (secondary N) is 2. The number of carbonyl (C=O) groups is 1. The second-order valence-corrected chi connectivity index (χ2v) is 5.36. The Kier molecular flexibility index (Phi) is 6.42. The van der Waals surface area contributed by atoms with E-state index >= 15 is 0 Å². The van der Waals surface area contributed by atoms with E-state index in [9.17, 15) is 9.59 Å². The number of amides is 2. The molecule has 0 aliphatic carbocycles. The number of nitrogens with zero attached hydrogens (tertiary/aromatic N) is 1. The molecule has 0 saturated carbocycles. The number of aliphatic hydroxyl groups excluding tert-OH is 1. The van der Waals surface area contributed by atoms with Crippen molar-refractivity contribution in [2.24, 2.45) is 12.5 Å². The second kappa shape index (κ2) is 7.83. The molecule has 0 atom stereocenters. The van der Waals surface area contributed by atoms with Crippen molar-refractivity contribution in [1.29, 1.82) is 0 Å². The van der Waals surface area contributed by atoms with Gasteiger partial charge in [-0.2, -0.15) is 0 Å². The van der Waals surface area contributed by atoms with Gasteiger partial charge in [-0.3, -0.25) is 4.79 Å². The van der Waals surface area contributed by atoms with Crippen molar-refractivity contribution in [2.75, 3.05) is 18.5 Å². The van der Waals surface area contributed by atoms with E-state index in [0.717, 1.165) is 12.8 Å². The van der Waals surface area contributed by atoms with Crippen LogP contribution < -0.4 is 16.2 Å². The molecule has 0 aromatic carbocycles. The van der Waals surface area contributed by atoms with E-state index in [2.05, 4.69) is 24.5 Å². The molecule has 0 aliphatic heterocycles. The van der Waals surface area contributed by atoms with Crippen LogP contribution in [0.1, 0.15) is 33.1 Å². The van der Waals surface area contributed by atoms with E-state index in [0.29, 0.717) is 18.7 Å². The van der Waals surface area contributed by atoms with Gasteiger partial charge in [0, 0.05) is 32.5 Å².